The topological polar surface area (TPSA) is 116 Å². The fourth-order valence-electron chi connectivity index (χ4n) is 4.25. The summed E-state index contributed by atoms with van der Waals surface area (Å²) in [5.74, 6) is -0.526. The number of sulfonamides is 1. The summed E-state index contributed by atoms with van der Waals surface area (Å²) in [5, 5.41) is 9.86. The number of nitrogens with zero attached hydrogens (tertiary/aromatic N) is 4. The molecule has 0 amide bonds. The Bertz CT molecular complexity index is 1350. The van der Waals surface area contributed by atoms with Gasteiger partial charge in [-0.3, -0.25) is 4.72 Å². The number of aryl methyl sites for hydroxylation is 3. The van der Waals surface area contributed by atoms with Crippen LogP contribution in [0.2, 0.25) is 0 Å². The summed E-state index contributed by atoms with van der Waals surface area (Å²) >= 11 is 0. The average Bonchev–Trinajstić information content (AvgIpc) is 3.08. The van der Waals surface area contributed by atoms with E-state index in [1.54, 1.807) is 37.5 Å². The van der Waals surface area contributed by atoms with Crippen LogP contribution in [0.15, 0.2) is 53.7 Å². The molecule has 0 atom stereocenters. The Morgan fingerprint density at radius 2 is 1.57 bits per heavy atom. The van der Waals surface area contributed by atoms with E-state index in [4.69, 9.17) is 0 Å². The van der Waals surface area contributed by atoms with Crippen LogP contribution >= 0.6 is 0 Å². The van der Waals surface area contributed by atoms with E-state index in [-0.39, 0.29) is 16.1 Å². The molecule has 184 valence electrons. The van der Waals surface area contributed by atoms with E-state index in [1.807, 2.05) is 19.9 Å². The van der Waals surface area contributed by atoms with Crippen molar-refractivity contribution >= 4 is 33.3 Å². The number of rotatable bonds is 6. The fourth-order valence-corrected chi connectivity index (χ4v) is 5.64. The van der Waals surface area contributed by atoms with Gasteiger partial charge in [0.2, 0.25) is 5.95 Å². The van der Waals surface area contributed by atoms with Gasteiger partial charge in [0, 0.05) is 44.3 Å². The molecule has 0 radical (unpaired) electrons. The number of aromatic carboxylic acids is 1. The van der Waals surface area contributed by atoms with Crippen molar-refractivity contribution in [2.45, 2.75) is 32.1 Å². The van der Waals surface area contributed by atoms with Crippen molar-refractivity contribution in [3.63, 3.8) is 0 Å². The summed E-state index contributed by atoms with van der Waals surface area (Å²) in [4.78, 5) is 25.0. The van der Waals surface area contributed by atoms with Gasteiger partial charge in [-0.05, 0) is 74.2 Å². The number of hydrogen-bond acceptors (Lipinski definition) is 7. The molecule has 3 aromatic rings. The average molecular weight is 496 g/mol. The standard InChI is InChI=1S/C25H29N5O4S/c1-17-14-19(3)23(15-18(17)2)35(33,34)28-22-7-6-20(16-21(22)24(31)32)29-10-5-11-30(13-12-29)25-26-8-4-9-27-25/h4,6-9,14-16,28H,5,10-13H2,1-3H3,(H,31,32). The van der Waals surface area contributed by atoms with Crippen molar-refractivity contribution in [1.29, 1.82) is 0 Å². The molecule has 10 heteroatoms. The quantitative estimate of drug-likeness (QED) is 0.533. The molecule has 4 rings (SSSR count). The zero-order valence-corrected chi connectivity index (χ0v) is 20.8. The lowest BCUT2D eigenvalue weighted by atomic mass is 10.1. The molecule has 2 N–H and O–H groups in total. The van der Waals surface area contributed by atoms with E-state index >= 15 is 0 Å². The van der Waals surface area contributed by atoms with Crippen LogP contribution in [0.3, 0.4) is 0 Å². The van der Waals surface area contributed by atoms with E-state index < -0.39 is 16.0 Å². The summed E-state index contributed by atoms with van der Waals surface area (Å²) in [7, 11) is -3.97. The minimum Gasteiger partial charge on any atom is -0.478 e. The number of anilines is 3. The molecule has 0 saturated carbocycles. The maximum Gasteiger partial charge on any atom is 0.337 e. The van der Waals surface area contributed by atoms with Crippen LogP contribution in [0.5, 0.6) is 0 Å². The third-order valence-electron chi connectivity index (χ3n) is 6.25. The van der Waals surface area contributed by atoms with E-state index in [9.17, 15) is 18.3 Å². The second kappa shape index (κ2) is 9.91. The van der Waals surface area contributed by atoms with Gasteiger partial charge in [0.25, 0.3) is 10.0 Å². The fraction of sp³-hybridized carbons (Fsp3) is 0.320. The van der Waals surface area contributed by atoms with E-state index in [1.165, 1.54) is 12.1 Å². The van der Waals surface area contributed by atoms with Crippen LogP contribution in [-0.4, -0.2) is 55.6 Å². The molecule has 0 aliphatic carbocycles. The second-order valence-corrected chi connectivity index (χ2v) is 10.4. The van der Waals surface area contributed by atoms with E-state index in [2.05, 4.69) is 24.5 Å². The Labute approximate surface area is 205 Å². The lowest BCUT2D eigenvalue weighted by Gasteiger charge is -2.24. The van der Waals surface area contributed by atoms with Crippen LogP contribution in [0.25, 0.3) is 0 Å². The Morgan fingerprint density at radius 1 is 0.914 bits per heavy atom. The third kappa shape index (κ3) is 5.37. The predicted octanol–water partition coefficient (Wildman–Crippen LogP) is 3.62. The minimum absolute atomic E-state index is 0.0352. The van der Waals surface area contributed by atoms with Gasteiger partial charge in [-0.15, -0.1) is 0 Å². The van der Waals surface area contributed by atoms with Gasteiger partial charge in [0.1, 0.15) is 0 Å². The smallest absolute Gasteiger partial charge is 0.337 e. The van der Waals surface area contributed by atoms with E-state index in [0.29, 0.717) is 24.6 Å². The van der Waals surface area contributed by atoms with Crippen molar-refractivity contribution in [3.8, 4) is 0 Å². The predicted molar refractivity (Wildman–Crippen MR) is 136 cm³/mol. The Morgan fingerprint density at radius 3 is 2.29 bits per heavy atom. The molecular weight excluding hydrogens is 466 g/mol. The van der Waals surface area contributed by atoms with Crippen LogP contribution in [0, 0.1) is 20.8 Å². The molecule has 9 nitrogen and oxygen atoms in total. The number of carboxylic acid groups (broad SMARTS) is 1. The van der Waals surface area contributed by atoms with Crippen LogP contribution in [0.4, 0.5) is 17.3 Å². The molecule has 1 aliphatic rings. The summed E-state index contributed by atoms with van der Waals surface area (Å²) in [6.07, 6.45) is 4.27. The minimum atomic E-state index is -3.97. The molecule has 2 aromatic carbocycles. The molecule has 1 aliphatic heterocycles. The van der Waals surface area contributed by atoms with Gasteiger partial charge in [0.05, 0.1) is 16.1 Å². The normalized spacial score (nSPS) is 14.5. The van der Waals surface area contributed by atoms with Crippen LogP contribution in [-0.2, 0) is 10.0 Å². The highest BCUT2D eigenvalue weighted by Crippen LogP contribution is 2.28. The molecular formula is C25H29N5O4S. The van der Waals surface area contributed by atoms with Crippen LogP contribution < -0.4 is 14.5 Å². The maximum absolute atomic E-state index is 13.1. The molecule has 1 saturated heterocycles. The summed E-state index contributed by atoms with van der Waals surface area (Å²) in [6.45, 7) is 8.36. The lowest BCUT2D eigenvalue weighted by Crippen LogP contribution is -2.31. The largest absolute Gasteiger partial charge is 0.478 e. The van der Waals surface area contributed by atoms with Gasteiger partial charge in [-0.1, -0.05) is 6.07 Å². The molecule has 0 bridgehead atoms. The highest BCUT2D eigenvalue weighted by molar-refractivity contribution is 7.92. The first-order chi connectivity index (χ1) is 16.7. The van der Waals surface area contributed by atoms with Crippen molar-refractivity contribution in [3.05, 3.63) is 71.0 Å². The number of aromatic nitrogens is 2. The zero-order valence-electron chi connectivity index (χ0n) is 20.0. The van der Waals surface area contributed by atoms with Crippen molar-refractivity contribution < 1.29 is 18.3 Å². The van der Waals surface area contributed by atoms with Crippen molar-refractivity contribution in [2.24, 2.45) is 0 Å². The third-order valence-corrected chi connectivity index (χ3v) is 7.76. The number of carboxylic acids is 1. The summed E-state index contributed by atoms with van der Waals surface area (Å²) < 4.78 is 28.8. The first-order valence-electron chi connectivity index (χ1n) is 11.4. The first-order valence-corrected chi connectivity index (χ1v) is 12.9. The molecule has 0 unspecified atom stereocenters. The molecule has 35 heavy (non-hydrogen) atoms. The van der Waals surface area contributed by atoms with Gasteiger partial charge in [0.15, 0.2) is 0 Å². The molecule has 1 aromatic heterocycles. The molecule has 1 fully saturated rings. The van der Waals surface area contributed by atoms with Gasteiger partial charge in [-0.25, -0.2) is 23.2 Å². The number of benzene rings is 2. The Balaban J connectivity index is 1.58. The summed E-state index contributed by atoms with van der Waals surface area (Å²) in [6, 6.07) is 10.0. The SMILES string of the molecule is Cc1cc(C)c(S(=O)(=O)Nc2ccc(N3CCCN(c4ncccn4)CC3)cc2C(=O)O)cc1C. The number of hydrogen-bond donors (Lipinski definition) is 2. The Hall–Kier alpha value is -3.66. The first kappa shape index (κ1) is 24.5. The van der Waals surface area contributed by atoms with Gasteiger partial charge in [-0.2, -0.15) is 0 Å². The molecule has 0 spiro atoms. The van der Waals surface area contributed by atoms with E-state index in [0.717, 1.165) is 36.3 Å². The highest BCUT2D eigenvalue weighted by Gasteiger charge is 2.23. The zero-order chi connectivity index (χ0) is 25.2. The monoisotopic (exact) mass is 495 g/mol. The summed E-state index contributed by atoms with van der Waals surface area (Å²) in [5.41, 5.74) is 3.11. The number of carbonyl (C=O) groups is 1. The maximum atomic E-state index is 13.1. The lowest BCUT2D eigenvalue weighted by molar-refractivity contribution is 0.0698. The van der Waals surface area contributed by atoms with Crippen LogP contribution in [0.1, 0.15) is 33.5 Å². The Kier molecular flexibility index (Phi) is 6.93. The second-order valence-electron chi connectivity index (χ2n) is 8.72. The molecule has 2 heterocycles. The number of nitrogens with one attached hydrogen (secondary N) is 1. The van der Waals surface area contributed by atoms with Crippen molar-refractivity contribution in [2.75, 3.05) is 40.7 Å². The van der Waals surface area contributed by atoms with Crippen molar-refractivity contribution in [1.82, 2.24) is 9.97 Å². The van der Waals surface area contributed by atoms with Gasteiger partial charge >= 0.3 is 5.97 Å². The van der Waals surface area contributed by atoms with Gasteiger partial charge < -0.3 is 14.9 Å². The highest BCUT2D eigenvalue weighted by atomic mass is 32.2.